The molecule has 0 amide bonds. The first-order valence-electron chi connectivity index (χ1n) is 5.75. The van der Waals surface area contributed by atoms with Gasteiger partial charge in [-0.3, -0.25) is 4.68 Å². The molecule has 0 fully saturated rings. The molecule has 102 valence electrons. The number of nitrogens with zero attached hydrogens (tertiary/aromatic N) is 3. The lowest BCUT2D eigenvalue weighted by molar-refractivity contribution is 0.661. The molecule has 0 bridgehead atoms. The Labute approximate surface area is 126 Å². The molecule has 0 saturated carbocycles. The van der Waals surface area contributed by atoms with Crippen molar-refractivity contribution < 1.29 is 0 Å². The molecule has 2 aromatic rings. The number of aromatic nitrogens is 3. The Kier molecular flexibility index (Phi) is 5.05. The van der Waals surface area contributed by atoms with Gasteiger partial charge in [0.2, 0.25) is 0 Å². The summed E-state index contributed by atoms with van der Waals surface area (Å²) in [5.41, 5.74) is 0.810. The van der Waals surface area contributed by atoms with Gasteiger partial charge in [-0.2, -0.15) is 5.10 Å². The molecule has 0 atom stereocenters. The fourth-order valence-electron chi connectivity index (χ4n) is 1.64. The second-order valence-corrected chi connectivity index (χ2v) is 5.28. The lowest BCUT2D eigenvalue weighted by atomic mass is 10.2. The maximum atomic E-state index is 6.11. The van der Waals surface area contributed by atoms with Crippen LogP contribution in [0.25, 0.3) is 0 Å². The summed E-state index contributed by atoms with van der Waals surface area (Å²) >= 11 is 18.2. The van der Waals surface area contributed by atoms with Crippen LogP contribution in [0.2, 0.25) is 15.1 Å². The highest BCUT2D eigenvalue weighted by Gasteiger charge is 2.09. The molecule has 0 spiro atoms. The van der Waals surface area contributed by atoms with Gasteiger partial charge in [-0.25, -0.2) is 4.98 Å². The van der Waals surface area contributed by atoms with Crippen LogP contribution in [0.5, 0.6) is 0 Å². The molecule has 1 N–H and O–H groups in total. The first-order valence-corrected chi connectivity index (χ1v) is 6.89. The van der Waals surface area contributed by atoms with Crippen LogP contribution in [0, 0.1) is 0 Å². The summed E-state index contributed by atoms with van der Waals surface area (Å²) in [5.74, 6) is 0.804. The van der Waals surface area contributed by atoms with Gasteiger partial charge in [-0.05, 0) is 12.1 Å². The maximum Gasteiger partial charge on any atom is 0.151 e. The minimum Gasteiger partial charge on any atom is -0.312 e. The largest absolute Gasteiger partial charge is 0.312 e. The minimum absolute atomic E-state index is 0.498. The van der Waals surface area contributed by atoms with Gasteiger partial charge in [0.25, 0.3) is 0 Å². The monoisotopic (exact) mass is 318 g/mol. The number of nitrogens with one attached hydrogen (secondary N) is 1. The molecular weight excluding hydrogens is 307 g/mol. The predicted octanol–water partition coefficient (Wildman–Crippen LogP) is 3.11. The van der Waals surface area contributed by atoms with E-state index in [-0.39, 0.29) is 0 Å². The minimum atomic E-state index is 0.498. The van der Waals surface area contributed by atoms with Gasteiger partial charge in [0.05, 0.1) is 10.0 Å². The topological polar surface area (TPSA) is 42.7 Å². The Morgan fingerprint density at radius 3 is 2.63 bits per heavy atom. The molecule has 4 nitrogen and oxygen atoms in total. The van der Waals surface area contributed by atoms with E-state index in [9.17, 15) is 0 Å². The van der Waals surface area contributed by atoms with Gasteiger partial charge < -0.3 is 5.32 Å². The van der Waals surface area contributed by atoms with Crippen molar-refractivity contribution in [2.75, 3.05) is 6.54 Å². The summed E-state index contributed by atoms with van der Waals surface area (Å²) in [7, 11) is 1.84. The Bertz CT molecular complexity index is 568. The second-order valence-electron chi connectivity index (χ2n) is 4.08. The molecule has 19 heavy (non-hydrogen) atoms. The molecule has 0 saturated heterocycles. The highest BCUT2D eigenvalue weighted by molar-refractivity contribution is 6.44. The summed E-state index contributed by atoms with van der Waals surface area (Å²) in [6.07, 6.45) is 2.43. The number of hydrogen-bond acceptors (Lipinski definition) is 3. The molecule has 1 heterocycles. The second kappa shape index (κ2) is 6.57. The molecule has 2 rings (SSSR count). The predicted molar refractivity (Wildman–Crippen MR) is 77.9 cm³/mol. The fraction of sp³-hybridized carbons (Fsp3) is 0.333. The summed E-state index contributed by atoms with van der Waals surface area (Å²) in [6.45, 7) is 1.30. The first kappa shape index (κ1) is 14.6. The molecule has 0 unspecified atom stereocenters. The fourth-order valence-corrected chi connectivity index (χ4v) is 2.32. The molecular formula is C12H13Cl3N4. The van der Waals surface area contributed by atoms with Crippen molar-refractivity contribution in [3.8, 4) is 0 Å². The third-order valence-corrected chi connectivity index (χ3v) is 3.81. The van der Waals surface area contributed by atoms with Crippen LogP contribution < -0.4 is 5.32 Å². The van der Waals surface area contributed by atoms with Gasteiger partial charge >= 0.3 is 0 Å². The molecule has 0 aliphatic carbocycles. The molecule has 0 aliphatic heterocycles. The Morgan fingerprint density at radius 1 is 1.21 bits per heavy atom. The molecule has 1 aromatic carbocycles. The highest BCUT2D eigenvalue weighted by Crippen LogP contribution is 2.31. The Balaban J connectivity index is 1.88. The van der Waals surface area contributed by atoms with E-state index in [2.05, 4.69) is 15.4 Å². The van der Waals surface area contributed by atoms with Crippen LogP contribution in [0.15, 0.2) is 18.5 Å². The van der Waals surface area contributed by atoms with E-state index >= 15 is 0 Å². The Morgan fingerprint density at radius 2 is 1.95 bits per heavy atom. The van der Waals surface area contributed by atoms with Crippen molar-refractivity contribution >= 4 is 34.8 Å². The highest BCUT2D eigenvalue weighted by atomic mass is 35.5. The van der Waals surface area contributed by atoms with Gasteiger partial charge in [-0.1, -0.05) is 34.8 Å². The third-order valence-electron chi connectivity index (χ3n) is 2.61. The first-order chi connectivity index (χ1) is 9.08. The normalized spacial score (nSPS) is 10.9. The van der Waals surface area contributed by atoms with Crippen LogP contribution in [-0.4, -0.2) is 21.3 Å². The average Bonchev–Trinajstić information content (AvgIpc) is 2.79. The van der Waals surface area contributed by atoms with Gasteiger partial charge in [0.1, 0.15) is 6.33 Å². The van der Waals surface area contributed by atoms with Crippen molar-refractivity contribution in [1.82, 2.24) is 20.1 Å². The summed E-state index contributed by atoms with van der Waals surface area (Å²) in [5, 5.41) is 9.06. The summed E-state index contributed by atoms with van der Waals surface area (Å²) < 4.78 is 1.68. The lowest BCUT2D eigenvalue weighted by Crippen LogP contribution is -2.18. The van der Waals surface area contributed by atoms with Gasteiger partial charge in [0, 0.05) is 37.1 Å². The van der Waals surface area contributed by atoms with E-state index in [1.807, 2.05) is 7.05 Å². The number of hydrogen-bond donors (Lipinski definition) is 1. The number of aryl methyl sites for hydroxylation is 1. The van der Waals surface area contributed by atoms with E-state index < -0.39 is 0 Å². The van der Waals surface area contributed by atoms with E-state index in [0.29, 0.717) is 21.6 Å². The van der Waals surface area contributed by atoms with Crippen molar-refractivity contribution in [3.05, 3.63) is 44.9 Å². The zero-order valence-corrected chi connectivity index (χ0v) is 12.6. The van der Waals surface area contributed by atoms with E-state index in [0.717, 1.165) is 24.4 Å². The van der Waals surface area contributed by atoms with Gasteiger partial charge in [0.15, 0.2) is 5.82 Å². The van der Waals surface area contributed by atoms with Gasteiger partial charge in [-0.15, -0.1) is 0 Å². The zero-order valence-electron chi connectivity index (χ0n) is 10.3. The van der Waals surface area contributed by atoms with E-state index in [4.69, 9.17) is 34.8 Å². The molecule has 0 radical (unpaired) electrons. The van der Waals surface area contributed by atoms with Crippen molar-refractivity contribution in [2.24, 2.45) is 7.05 Å². The van der Waals surface area contributed by atoms with E-state index in [1.165, 1.54) is 0 Å². The molecule has 7 heteroatoms. The lowest BCUT2D eigenvalue weighted by Gasteiger charge is -2.09. The molecule has 0 aliphatic rings. The van der Waals surface area contributed by atoms with Crippen molar-refractivity contribution in [3.63, 3.8) is 0 Å². The van der Waals surface area contributed by atoms with Crippen molar-refractivity contribution in [2.45, 2.75) is 13.0 Å². The number of benzene rings is 1. The van der Waals surface area contributed by atoms with Crippen LogP contribution in [-0.2, 0) is 20.0 Å². The van der Waals surface area contributed by atoms with Crippen LogP contribution in [0.1, 0.15) is 11.4 Å². The smallest absolute Gasteiger partial charge is 0.151 e. The standard InChI is InChI=1S/C12H13Cl3N4/c1-19-7-17-11(18-19)4-5-16-6-8-9(13)2-3-10(14)12(8)15/h2-3,7,16H,4-6H2,1H3. The molecule has 1 aromatic heterocycles. The Hall–Kier alpha value is -0.810. The van der Waals surface area contributed by atoms with E-state index in [1.54, 1.807) is 23.1 Å². The van der Waals surface area contributed by atoms with Crippen LogP contribution >= 0.6 is 34.8 Å². The maximum absolute atomic E-state index is 6.11. The summed E-state index contributed by atoms with van der Waals surface area (Å²) in [4.78, 5) is 4.15. The average molecular weight is 320 g/mol. The third kappa shape index (κ3) is 3.83. The SMILES string of the molecule is Cn1cnc(CCNCc2c(Cl)ccc(Cl)c2Cl)n1. The zero-order chi connectivity index (χ0) is 13.8. The van der Waals surface area contributed by atoms with Crippen LogP contribution in [0.4, 0.5) is 0 Å². The van der Waals surface area contributed by atoms with Crippen molar-refractivity contribution in [1.29, 1.82) is 0 Å². The van der Waals surface area contributed by atoms with Crippen LogP contribution in [0.3, 0.4) is 0 Å². The quantitative estimate of drug-likeness (QED) is 0.680. The number of rotatable bonds is 5. The summed E-state index contributed by atoms with van der Waals surface area (Å²) in [6, 6.07) is 3.43. The number of halogens is 3.